The molecule has 0 fully saturated rings. The molecule has 1 aromatic rings. The molecule has 0 radical (unpaired) electrons. The molecular weight excluding hydrogens is 408 g/mol. The van der Waals surface area contributed by atoms with Crippen LogP contribution in [0.1, 0.15) is 84.2 Å². The minimum atomic E-state index is -0.293. The Kier molecular flexibility index (Phi) is 10.3. The van der Waals surface area contributed by atoms with Crippen molar-refractivity contribution in [2.45, 2.75) is 78.7 Å². The molecule has 0 aliphatic carbocycles. The molecule has 1 aliphatic rings. The van der Waals surface area contributed by atoms with Crippen LogP contribution in [0.25, 0.3) is 0 Å². The predicted molar refractivity (Wildman–Crippen MR) is 131 cm³/mol. The lowest BCUT2D eigenvalue weighted by Gasteiger charge is -2.37. The number of carbonyl (C=O) groups is 1. The summed E-state index contributed by atoms with van der Waals surface area (Å²) in [6.07, 6.45) is 8.74. The molecule has 0 aromatic heterocycles. The number of carbonyl (C=O) groups excluding carboxylic acids is 1. The number of rotatable bonds is 13. The highest BCUT2D eigenvalue weighted by molar-refractivity contribution is 7.80. The van der Waals surface area contributed by atoms with Crippen LogP contribution in [0.3, 0.4) is 0 Å². The van der Waals surface area contributed by atoms with E-state index < -0.39 is 0 Å². The molecule has 31 heavy (non-hydrogen) atoms. The topological polar surface area (TPSA) is 50.8 Å². The average molecular weight is 447 g/mol. The van der Waals surface area contributed by atoms with Gasteiger partial charge in [-0.05, 0) is 57.1 Å². The molecule has 2 rings (SSSR count). The fourth-order valence-corrected chi connectivity index (χ4v) is 4.48. The standard InChI is InChI=1S/C25H38N2O3S/c1-6-8-9-10-11-12-13-16-30-21-15-14-20(17-22(21)29-5)24-23(19(4)28)18(3)27(7-2)25(31)26-24/h14-15,17,24H,6-13,16H2,1-5H3,(H,26,31). The van der Waals surface area contributed by atoms with Crippen LogP contribution in [0, 0.1) is 0 Å². The molecule has 0 bridgehead atoms. The van der Waals surface area contributed by atoms with Crippen LogP contribution in [0.2, 0.25) is 0 Å². The third kappa shape index (κ3) is 6.70. The number of allylic oxidation sites excluding steroid dienone is 1. The Hall–Kier alpha value is -2.08. The molecule has 1 aromatic carbocycles. The lowest BCUT2D eigenvalue weighted by molar-refractivity contribution is -0.114. The van der Waals surface area contributed by atoms with E-state index in [4.69, 9.17) is 21.7 Å². The highest BCUT2D eigenvalue weighted by atomic mass is 32.1. The molecule has 0 saturated carbocycles. The summed E-state index contributed by atoms with van der Waals surface area (Å²) in [5, 5.41) is 3.96. The Morgan fingerprint density at radius 3 is 2.39 bits per heavy atom. The summed E-state index contributed by atoms with van der Waals surface area (Å²) in [5.41, 5.74) is 2.57. The number of methoxy groups -OCH3 is 1. The molecular formula is C25H38N2O3S. The number of thiocarbonyl (C=S) groups is 1. The van der Waals surface area contributed by atoms with Crippen molar-refractivity contribution < 1.29 is 14.3 Å². The molecule has 1 heterocycles. The molecule has 0 spiro atoms. The van der Waals surface area contributed by atoms with E-state index in [1.165, 1.54) is 38.5 Å². The Labute approximate surface area is 193 Å². The monoisotopic (exact) mass is 446 g/mol. The van der Waals surface area contributed by atoms with E-state index in [1.807, 2.05) is 36.9 Å². The molecule has 0 saturated heterocycles. The summed E-state index contributed by atoms with van der Waals surface area (Å²) >= 11 is 5.54. The molecule has 0 amide bonds. The van der Waals surface area contributed by atoms with E-state index in [0.29, 0.717) is 17.5 Å². The SMILES string of the molecule is CCCCCCCCCOc1ccc(C2NC(=S)N(CC)C(C)=C2C(C)=O)cc1OC. The number of ketones is 1. The van der Waals surface area contributed by atoms with Crippen LogP contribution in [0.15, 0.2) is 29.5 Å². The number of benzene rings is 1. The molecule has 1 atom stereocenters. The zero-order valence-electron chi connectivity index (χ0n) is 19.8. The van der Waals surface area contributed by atoms with E-state index in [2.05, 4.69) is 12.2 Å². The van der Waals surface area contributed by atoms with Crippen molar-refractivity contribution in [3.8, 4) is 11.5 Å². The van der Waals surface area contributed by atoms with Crippen molar-refractivity contribution in [1.29, 1.82) is 0 Å². The van der Waals surface area contributed by atoms with E-state index in [-0.39, 0.29) is 11.8 Å². The van der Waals surface area contributed by atoms with Gasteiger partial charge in [0.05, 0.1) is 19.8 Å². The normalized spacial score (nSPS) is 16.4. The Morgan fingerprint density at radius 1 is 1.10 bits per heavy atom. The highest BCUT2D eigenvalue weighted by Gasteiger charge is 2.32. The summed E-state index contributed by atoms with van der Waals surface area (Å²) in [6, 6.07) is 5.57. The van der Waals surface area contributed by atoms with Gasteiger partial charge in [0.15, 0.2) is 22.4 Å². The number of nitrogens with zero attached hydrogens (tertiary/aromatic N) is 1. The quantitative estimate of drug-likeness (QED) is 0.299. The lowest BCUT2D eigenvalue weighted by Crippen LogP contribution is -2.47. The second-order valence-corrected chi connectivity index (χ2v) is 8.45. The van der Waals surface area contributed by atoms with Crippen molar-refractivity contribution in [1.82, 2.24) is 10.2 Å². The van der Waals surface area contributed by atoms with E-state index >= 15 is 0 Å². The van der Waals surface area contributed by atoms with Gasteiger partial charge in [-0.2, -0.15) is 0 Å². The Balaban J connectivity index is 2.07. The molecule has 5 nitrogen and oxygen atoms in total. The molecule has 1 aliphatic heterocycles. The molecule has 1 unspecified atom stereocenters. The zero-order valence-corrected chi connectivity index (χ0v) is 20.6. The summed E-state index contributed by atoms with van der Waals surface area (Å²) < 4.78 is 11.6. The average Bonchev–Trinajstić information content (AvgIpc) is 2.75. The van der Waals surface area contributed by atoms with Crippen molar-refractivity contribution in [2.75, 3.05) is 20.3 Å². The smallest absolute Gasteiger partial charge is 0.173 e. The van der Waals surface area contributed by atoms with Crippen LogP contribution in [-0.4, -0.2) is 36.1 Å². The van der Waals surface area contributed by atoms with Gasteiger partial charge in [0, 0.05) is 17.8 Å². The van der Waals surface area contributed by atoms with Crippen LogP contribution >= 0.6 is 12.2 Å². The van der Waals surface area contributed by atoms with Gasteiger partial charge in [-0.1, -0.05) is 51.5 Å². The van der Waals surface area contributed by atoms with Crippen molar-refractivity contribution in [3.63, 3.8) is 0 Å². The summed E-state index contributed by atoms with van der Waals surface area (Å²) in [4.78, 5) is 14.4. The number of hydrogen-bond donors (Lipinski definition) is 1. The van der Waals surface area contributed by atoms with Crippen LogP contribution in [0.5, 0.6) is 11.5 Å². The predicted octanol–water partition coefficient (Wildman–Crippen LogP) is 5.94. The largest absolute Gasteiger partial charge is 0.493 e. The Bertz CT molecular complexity index is 791. The molecule has 1 N–H and O–H groups in total. The second-order valence-electron chi connectivity index (χ2n) is 8.06. The van der Waals surface area contributed by atoms with Gasteiger partial charge in [0.1, 0.15) is 0 Å². The van der Waals surface area contributed by atoms with E-state index in [0.717, 1.165) is 35.5 Å². The third-order valence-electron chi connectivity index (χ3n) is 5.82. The summed E-state index contributed by atoms with van der Waals surface area (Å²) in [5.74, 6) is 1.44. The van der Waals surface area contributed by atoms with Crippen LogP contribution in [-0.2, 0) is 4.79 Å². The summed E-state index contributed by atoms with van der Waals surface area (Å²) in [6.45, 7) is 9.22. The minimum absolute atomic E-state index is 0.0363. The number of hydrogen-bond acceptors (Lipinski definition) is 4. The number of Topliss-reactive ketones (excluding diaryl/α,β-unsaturated/α-hetero) is 1. The second kappa shape index (κ2) is 12.7. The van der Waals surface area contributed by atoms with Gasteiger partial charge in [-0.3, -0.25) is 4.79 Å². The first kappa shape index (κ1) is 25.2. The first-order valence-electron chi connectivity index (χ1n) is 11.5. The molecule has 6 heteroatoms. The van der Waals surface area contributed by atoms with Gasteiger partial charge in [-0.25, -0.2) is 0 Å². The van der Waals surface area contributed by atoms with Crippen LogP contribution in [0.4, 0.5) is 0 Å². The lowest BCUT2D eigenvalue weighted by atomic mass is 9.92. The number of ether oxygens (including phenoxy) is 2. The Morgan fingerprint density at radius 2 is 1.77 bits per heavy atom. The maximum atomic E-state index is 12.4. The zero-order chi connectivity index (χ0) is 22.8. The summed E-state index contributed by atoms with van der Waals surface area (Å²) in [7, 11) is 1.64. The van der Waals surface area contributed by atoms with Gasteiger partial charge in [-0.15, -0.1) is 0 Å². The van der Waals surface area contributed by atoms with E-state index in [9.17, 15) is 4.79 Å². The van der Waals surface area contributed by atoms with Crippen molar-refractivity contribution >= 4 is 23.1 Å². The van der Waals surface area contributed by atoms with Crippen LogP contribution < -0.4 is 14.8 Å². The maximum Gasteiger partial charge on any atom is 0.173 e. The number of nitrogens with one attached hydrogen (secondary N) is 1. The fraction of sp³-hybridized carbons (Fsp3) is 0.600. The maximum absolute atomic E-state index is 12.4. The minimum Gasteiger partial charge on any atom is -0.493 e. The van der Waals surface area contributed by atoms with E-state index in [1.54, 1.807) is 14.0 Å². The van der Waals surface area contributed by atoms with Gasteiger partial charge >= 0.3 is 0 Å². The van der Waals surface area contributed by atoms with Crippen molar-refractivity contribution in [2.24, 2.45) is 0 Å². The molecule has 172 valence electrons. The first-order chi connectivity index (χ1) is 14.9. The number of unbranched alkanes of at least 4 members (excludes halogenated alkanes) is 6. The van der Waals surface area contributed by atoms with Gasteiger partial charge in [0.25, 0.3) is 0 Å². The fourth-order valence-electron chi connectivity index (χ4n) is 4.09. The van der Waals surface area contributed by atoms with Gasteiger partial charge < -0.3 is 19.7 Å². The third-order valence-corrected chi connectivity index (χ3v) is 6.16. The van der Waals surface area contributed by atoms with Gasteiger partial charge in [0.2, 0.25) is 0 Å². The highest BCUT2D eigenvalue weighted by Crippen LogP contribution is 2.36. The van der Waals surface area contributed by atoms with Crippen molar-refractivity contribution in [3.05, 3.63) is 35.0 Å². The first-order valence-corrected chi connectivity index (χ1v) is 12.0.